The first-order valence-electron chi connectivity index (χ1n) is 2.62. The van der Waals surface area contributed by atoms with E-state index >= 15 is 0 Å². The molecule has 0 aromatic heterocycles. The summed E-state index contributed by atoms with van der Waals surface area (Å²) < 4.78 is 2.32. The smallest absolute Gasteiger partial charge is 0.198 e. The van der Waals surface area contributed by atoms with Crippen LogP contribution in [-0.2, 0) is 0 Å². The van der Waals surface area contributed by atoms with Gasteiger partial charge in [0.05, 0.1) is 5.75 Å². The van der Waals surface area contributed by atoms with Crippen LogP contribution >= 0.6 is 11.8 Å². The van der Waals surface area contributed by atoms with Gasteiger partial charge < -0.3 is 0 Å². The van der Waals surface area contributed by atoms with Crippen LogP contribution in [0.4, 0.5) is 0 Å². The molecule has 40 valence electrons. The van der Waals surface area contributed by atoms with Crippen molar-refractivity contribution < 1.29 is 4.58 Å². The molecule has 0 saturated carbocycles. The third kappa shape index (κ3) is 1.20. The Morgan fingerprint density at radius 3 is 3.00 bits per heavy atom. The fourth-order valence-corrected chi connectivity index (χ4v) is 1.52. The van der Waals surface area contributed by atoms with Crippen molar-refractivity contribution in [2.75, 3.05) is 18.8 Å². The second-order valence-corrected chi connectivity index (χ2v) is 2.56. The molecule has 1 rings (SSSR count). The molecule has 0 aromatic carbocycles. The highest BCUT2D eigenvalue weighted by Gasteiger charge is 2.06. The van der Waals surface area contributed by atoms with Gasteiger partial charge >= 0.3 is 0 Å². The van der Waals surface area contributed by atoms with Gasteiger partial charge in [0.25, 0.3) is 0 Å². The van der Waals surface area contributed by atoms with Gasteiger partial charge in [0.2, 0.25) is 0 Å². The van der Waals surface area contributed by atoms with Gasteiger partial charge in [-0.2, -0.15) is 0 Å². The van der Waals surface area contributed by atoms with E-state index in [1.54, 1.807) is 0 Å². The number of rotatable bonds is 1. The summed E-state index contributed by atoms with van der Waals surface area (Å²) in [7, 11) is 0. The van der Waals surface area contributed by atoms with E-state index in [0.717, 1.165) is 0 Å². The van der Waals surface area contributed by atoms with E-state index in [1.807, 2.05) is 11.8 Å². The molecule has 1 heterocycles. The zero-order chi connectivity index (χ0) is 5.11. The van der Waals surface area contributed by atoms with Crippen LogP contribution in [-0.4, -0.2) is 29.0 Å². The molecule has 7 heavy (non-hydrogen) atoms. The molecule has 0 saturated heterocycles. The molecule has 0 aromatic rings. The summed E-state index contributed by atoms with van der Waals surface area (Å²) >= 11 is 1.91. The summed E-state index contributed by atoms with van der Waals surface area (Å²) in [5.74, 6) is 1.29. The lowest BCUT2D eigenvalue weighted by molar-refractivity contribution is -0.509. The van der Waals surface area contributed by atoms with Gasteiger partial charge in [-0.25, -0.2) is 4.58 Å². The standard InChI is InChI=1S/C5H10NS/c1-2-6-3-4-7-5-6/h5H,2-4H2,1H3/q+1. The molecule has 1 aliphatic rings. The van der Waals surface area contributed by atoms with Crippen LogP contribution < -0.4 is 0 Å². The molecule has 0 spiro atoms. The van der Waals surface area contributed by atoms with E-state index < -0.39 is 0 Å². The Morgan fingerprint density at radius 2 is 2.71 bits per heavy atom. The molecule has 0 N–H and O–H groups in total. The Morgan fingerprint density at radius 1 is 1.86 bits per heavy atom. The topological polar surface area (TPSA) is 3.01 Å². The molecule has 0 unspecified atom stereocenters. The molecule has 1 aliphatic heterocycles. The van der Waals surface area contributed by atoms with Gasteiger partial charge in [-0.3, -0.25) is 0 Å². The minimum Gasteiger partial charge on any atom is -0.230 e. The highest BCUT2D eigenvalue weighted by Crippen LogP contribution is 2.00. The summed E-state index contributed by atoms with van der Waals surface area (Å²) in [6.45, 7) is 4.61. The first-order valence-corrected chi connectivity index (χ1v) is 3.67. The number of hydrogen-bond donors (Lipinski definition) is 0. The lowest BCUT2D eigenvalue weighted by Gasteiger charge is -1.85. The molecule has 0 amide bonds. The van der Waals surface area contributed by atoms with E-state index in [9.17, 15) is 0 Å². The Hall–Kier alpha value is 0.0200. The minimum absolute atomic E-state index is 1.17. The van der Waals surface area contributed by atoms with Gasteiger partial charge in [0.15, 0.2) is 12.1 Å². The van der Waals surface area contributed by atoms with Gasteiger partial charge in [-0.05, 0) is 6.92 Å². The van der Waals surface area contributed by atoms with Crippen molar-refractivity contribution in [1.82, 2.24) is 0 Å². The molecule has 1 nitrogen and oxygen atoms in total. The maximum Gasteiger partial charge on any atom is 0.198 e. The molecule has 0 radical (unpaired) electrons. The van der Waals surface area contributed by atoms with E-state index in [1.165, 1.54) is 18.8 Å². The van der Waals surface area contributed by atoms with Crippen LogP contribution in [0.15, 0.2) is 0 Å². The summed E-state index contributed by atoms with van der Waals surface area (Å²) in [4.78, 5) is 0. The maximum atomic E-state index is 2.32. The van der Waals surface area contributed by atoms with Crippen molar-refractivity contribution in [3.05, 3.63) is 0 Å². The van der Waals surface area contributed by atoms with Crippen LogP contribution in [0.5, 0.6) is 0 Å². The zero-order valence-corrected chi connectivity index (χ0v) is 5.37. The van der Waals surface area contributed by atoms with Gasteiger partial charge in [-0.1, -0.05) is 11.8 Å². The summed E-state index contributed by atoms with van der Waals surface area (Å²) in [5.41, 5.74) is 2.21. The fourth-order valence-electron chi connectivity index (χ4n) is 0.613. The molecular formula is C5H10NS+. The molecular weight excluding hydrogens is 106 g/mol. The summed E-state index contributed by atoms with van der Waals surface area (Å²) in [6.07, 6.45) is 0. The minimum atomic E-state index is 1.17. The van der Waals surface area contributed by atoms with Crippen LogP contribution in [0.25, 0.3) is 0 Å². The van der Waals surface area contributed by atoms with E-state index in [-0.39, 0.29) is 0 Å². The SMILES string of the molecule is CC[N+]1=CSCC1. The van der Waals surface area contributed by atoms with Crippen LogP contribution in [0.1, 0.15) is 6.92 Å². The predicted molar refractivity (Wildman–Crippen MR) is 34.2 cm³/mol. The first-order chi connectivity index (χ1) is 3.43. The Kier molecular flexibility index (Phi) is 1.74. The lowest BCUT2D eigenvalue weighted by Crippen LogP contribution is -2.07. The highest BCUT2D eigenvalue weighted by atomic mass is 32.2. The Labute approximate surface area is 48.4 Å². The van der Waals surface area contributed by atoms with Gasteiger partial charge in [0.1, 0.15) is 6.54 Å². The highest BCUT2D eigenvalue weighted by molar-refractivity contribution is 8.12. The molecule has 0 fully saturated rings. The van der Waals surface area contributed by atoms with Crippen molar-refractivity contribution in [2.45, 2.75) is 6.92 Å². The second-order valence-electron chi connectivity index (χ2n) is 1.60. The Balaban J connectivity index is 2.36. The third-order valence-electron chi connectivity index (χ3n) is 1.13. The largest absolute Gasteiger partial charge is 0.230 e. The zero-order valence-electron chi connectivity index (χ0n) is 4.55. The molecule has 0 bridgehead atoms. The van der Waals surface area contributed by atoms with Crippen LogP contribution in [0.2, 0.25) is 0 Å². The average Bonchev–Trinajstić information content (AvgIpc) is 2.14. The number of hydrogen-bond acceptors (Lipinski definition) is 1. The normalized spacial score (nSPS) is 19.9. The third-order valence-corrected chi connectivity index (χ3v) is 1.99. The Bertz CT molecular complexity index is 88.1. The van der Waals surface area contributed by atoms with Crippen molar-refractivity contribution in [3.63, 3.8) is 0 Å². The predicted octanol–water partition coefficient (Wildman–Crippen LogP) is 0.794. The monoisotopic (exact) mass is 116 g/mol. The molecule has 0 aliphatic carbocycles. The average molecular weight is 116 g/mol. The quantitative estimate of drug-likeness (QED) is 0.458. The van der Waals surface area contributed by atoms with Gasteiger partial charge in [-0.15, -0.1) is 0 Å². The van der Waals surface area contributed by atoms with E-state index in [0.29, 0.717) is 0 Å². The second kappa shape index (κ2) is 2.36. The van der Waals surface area contributed by atoms with Crippen molar-refractivity contribution in [3.8, 4) is 0 Å². The van der Waals surface area contributed by atoms with E-state index in [4.69, 9.17) is 0 Å². The summed E-state index contributed by atoms with van der Waals surface area (Å²) in [6, 6.07) is 0. The number of nitrogens with zero attached hydrogens (tertiary/aromatic N) is 1. The molecule has 0 atom stereocenters. The van der Waals surface area contributed by atoms with Crippen molar-refractivity contribution >= 4 is 17.3 Å². The maximum absolute atomic E-state index is 2.32. The van der Waals surface area contributed by atoms with Crippen LogP contribution in [0, 0.1) is 0 Å². The van der Waals surface area contributed by atoms with E-state index in [2.05, 4.69) is 17.0 Å². The summed E-state index contributed by atoms with van der Waals surface area (Å²) in [5, 5.41) is 0. The lowest BCUT2D eigenvalue weighted by atomic mass is 10.6. The van der Waals surface area contributed by atoms with Crippen LogP contribution in [0.3, 0.4) is 0 Å². The van der Waals surface area contributed by atoms with Crippen molar-refractivity contribution in [2.24, 2.45) is 0 Å². The number of thioether (sulfide) groups is 1. The fraction of sp³-hybridized carbons (Fsp3) is 0.800. The van der Waals surface area contributed by atoms with Crippen molar-refractivity contribution in [1.29, 1.82) is 0 Å². The van der Waals surface area contributed by atoms with Gasteiger partial charge in [0, 0.05) is 0 Å². The molecule has 2 heteroatoms. The first kappa shape index (κ1) is 5.16.